The predicted molar refractivity (Wildman–Crippen MR) is 71.7 cm³/mol. The van der Waals surface area contributed by atoms with Crippen LogP contribution in [0.2, 0.25) is 5.02 Å². The molecule has 0 fully saturated rings. The lowest BCUT2D eigenvalue weighted by molar-refractivity contribution is 0.303. The van der Waals surface area contributed by atoms with E-state index in [9.17, 15) is 4.39 Å². The molecule has 1 nitrogen and oxygen atoms in total. The molecular weight excluding hydrogens is 274 g/mol. The zero-order chi connectivity index (χ0) is 13.0. The zero-order valence-electron chi connectivity index (χ0n) is 9.50. The van der Waals surface area contributed by atoms with Crippen LogP contribution in [0.1, 0.15) is 11.1 Å². The predicted octanol–water partition coefficient (Wildman–Crippen LogP) is 4.80. The lowest BCUT2D eigenvalue weighted by Gasteiger charge is -2.10. The molecule has 0 atom stereocenters. The summed E-state index contributed by atoms with van der Waals surface area (Å²) in [4.78, 5) is 0. The van der Waals surface area contributed by atoms with Gasteiger partial charge < -0.3 is 4.74 Å². The number of ether oxygens (including phenoxy) is 1. The molecule has 0 saturated heterocycles. The quantitative estimate of drug-likeness (QED) is 0.733. The first-order valence-electron chi connectivity index (χ1n) is 5.41. The average Bonchev–Trinajstić information content (AvgIpc) is 2.40. The highest BCUT2D eigenvalue weighted by Gasteiger charge is 2.04. The lowest BCUT2D eigenvalue weighted by atomic mass is 10.2. The first-order valence-corrected chi connectivity index (χ1v) is 6.32. The molecule has 18 heavy (non-hydrogen) atoms. The van der Waals surface area contributed by atoms with Crippen LogP contribution in [0.4, 0.5) is 4.39 Å². The standard InChI is InChI=1S/C14H11Cl2FO/c15-8-11-3-1-2-4-14(11)18-9-10-5-6-12(16)13(17)7-10/h1-7H,8-9H2. The number of alkyl halides is 1. The van der Waals surface area contributed by atoms with Gasteiger partial charge in [0.2, 0.25) is 0 Å². The van der Waals surface area contributed by atoms with Gasteiger partial charge >= 0.3 is 0 Å². The van der Waals surface area contributed by atoms with Crippen molar-refractivity contribution in [1.82, 2.24) is 0 Å². The number of para-hydroxylation sites is 1. The number of benzene rings is 2. The van der Waals surface area contributed by atoms with Crippen LogP contribution < -0.4 is 4.74 Å². The van der Waals surface area contributed by atoms with Gasteiger partial charge in [0.25, 0.3) is 0 Å². The minimum atomic E-state index is -0.441. The third kappa shape index (κ3) is 3.15. The van der Waals surface area contributed by atoms with Crippen molar-refractivity contribution in [2.24, 2.45) is 0 Å². The van der Waals surface area contributed by atoms with Crippen LogP contribution in [0.25, 0.3) is 0 Å². The fourth-order valence-electron chi connectivity index (χ4n) is 1.55. The Labute approximate surface area is 115 Å². The summed E-state index contributed by atoms with van der Waals surface area (Å²) in [7, 11) is 0. The summed E-state index contributed by atoms with van der Waals surface area (Å²) in [6.45, 7) is 0.280. The Bertz CT molecular complexity index is 543. The van der Waals surface area contributed by atoms with Gasteiger partial charge in [-0.05, 0) is 23.8 Å². The summed E-state index contributed by atoms with van der Waals surface area (Å²) in [5.74, 6) is 0.650. The largest absolute Gasteiger partial charge is 0.489 e. The van der Waals surface area contributed by atoms with Gasteiger partial charge in [0.1, 0.15) is 18.2 Å². The first kappa shape index (κ1) is 13.2. The van der Waals surface area contributed by atoms with Gasteiger partial charge in [0.15, 0.2) is 0 Å². The van der Waals surface area contributed by atoms with Crippen molar-refractivity contribution in [2.75, 3.05) is 0 Å². The van der Waals surface area contributed by atoms with E-state index < -0.39 is 5.82 Å². The van der Waals surface area contributed by atoms with Gasteiger partial charge in [-0.2, -0.15) is 0 Å². The van der Waals surface area contributed by atoms with Crippen molar-refractivity contribution in [3.05, 3.63) is 64.4 Å². The van der Waals surface area contributed by atoms with Crippen molar-refractivity contribution in [3.8, 4) is 5.75 Å². The second-order valence-electron chi connectivity index (χ2n) is 3.78. The number of rotatable bonds is 4. The summed E-state index contributed by atoms with van der Waals surface area (Å²) < 4.78 is 18.9. The van der Waals surface area contributed by atoms with E-state index in [0.717, 1.165) is 11.1 Å². The Balaban J connectivity index is 2.09. The van der Waals surface area contributed by atoms with Gasteiger partial charge in [-0.1, -0.05) is 35.9 Å². The Hall–Kier alpha value is -1.25. The maximum Gasteiger partial charge on any atom is 0.142 e. The van der Waals surface area contributed by atoms with E-state index in [0.29, 0.717) is 11.6 Å². The number of hydrogen-bond donors (Lipinski definition) is 0. The van der Waals surface area contributed by atoms with Crippen LogP contribution in [-0.2, 0) is 12.5 Å². The number of halogens is 3. The molecule has 0 bridgehead atoms. The van der Waals surface area contributed by atoms with Gasteiger partial charge in [-0.3, -0.25) is 0 Å². The van der Waals surface area contributed by atoms with E-state index in [4.69, 9.17) is 27.9 Å². The summed E-state index contributed by atoms with van der Waals surface area (Å²) >= 11 is 11.4. The first-order chi connectivity index (χ1) is 8.70. The third-order valence-electron chi connectivity index (χ3n) is 2.49. The molecule has 2 aromatic rings. The molecule has 0 N–H and O–H groups in total. The van der Waals surface area contributed by atoms with Crippen LogP contribution in [0.15, 0.2) is 42.5 Å². The maximum atomic E-state index is 13.2. The molecule has 94 valence electrons. The Morgan fingerprint density at radius 2 is 1.89 bits per heavy atom. The highest BCUT2D eigenvalue weighted by molar-refractivity contribution is 6.30. The molecule has 0 aromatic heterocycles. The topological polar surface area (TPSA) is 9.23 Å². The summed E-state index contributed by atoms with van der Waals surface area (Å²) in [6, 6.07) is 12.1. The molecular formula is C14H11Cl2FO. The van der Waals surface area contributed by atoms with Crippen LogP contribution in [0.3, 0.4) is 0 Å². The highest BCUT2D eigenvalue weighted by Crippen LogP contribution is 2.22. The van der Waals surface area contributed by atoms with Gasteiger partial charge in [0.05, 0.1) is 10.9 Å². The van der Waals surface area contributed by atoms with E-state index in [2.05, 4.69) is 0 Å². The van der Waals surface area contributed by atoms with Crippen LogP contribution in [0, 0.1) is 5.82 Å². The Morgan fingerprint density at radius 1 is 1.11 bits per heavy atom. The summed E-state index contributed by atoms with van der Waals surface area (Å²) in [5, 5.41) is 0.111. The highest BCUT2D eigenvalue weighted by atomic mass is 35.5. The molecule has 0 aliphatic carbocycles. The van der Waals surface area contributed by atoms with E-state index in [-0.39, 0.29) is 11.6 Å². The maximum absolute atomic E-state index is 13.2. The smallest absolute Gasteiger partial charge is 0.142 e. The average molecular weight is 285 g/mol. The SMILES string of the molecule is Fc1cc(COc2ccccc2CCl)ccc1Cl. The fraction of sp³-hybridized carbons (Fsp3) is 0.143. The molecule has 0 amide bonds. The Kier molecular flexibility index (Phi) is 4.45. The third-order valence-corrected chi connectivity index (χ3v) is 3.09. The van der Waals surface area contributed by atoms with Crippen molar-refractivity contribution in [3.63, 3.8) is 0 Å². The van der Waals surface area contributed by atoms with Crippen LogP contribution in [-0.4, -0.2) is 0 Å². The van der Waals surface area contributed by atoms with Crippen LogP contribution >= 0.6 is 23.2 Å². The van der Waals surface area contributed by atoms with Crippen molar-refractivity contribution >= 4 is 23.2 Å². The summed E-state index contributed by atoms with van der Waals surface area (Å²) in [5.41, 5.74) is 1.63. The monoisotopic (exact) mass is 284 g/mol. The van der Waals surface area contributed by atoms with Gasteiger partial charge in [-0.25, -0.2) is 4.39 Å². The second kappa shape index (κ2) is 6.07. The molecule has 0 aliphatic rings. The minimum absolute atomic E-state index is 0.111. The van der Waals surface area contributed by atoms with E-state index in [1.54, 1.807) is 6.07 Å². The van der Waals surface area contributed by atoms with E-state index in [1.165, 1.54) is 12.1 Å². The normalized spacial score (nSPS) is 10.4. The lowest BCUT2D eigenvalue weighted by Crippen LogP contribution is -1.98. The van der Waals surface area contributed by atoms with Crippen molar-refractivity contribution in [1.29, 1.82) is 0 Å². The molecule has 0 radical (unpaired) electrons. The molecule has 0 aliphatic heterocycles. The Morgan fingerprint density at radius 3 is 2.61 bits per heavy atom. The second-order valence-corrected chi connectivity index (χ2v) is 4.45. The van der Waals surface area contributed by atoms with Crippen molar-refractivity contribution < 1.29 is 9.13 Å². The number of hydrogen-bond acceptors (Lipinski definition) is 1. The molecule has 2 rings (SSSR count). The summed E-state index contributed by atoms with van der Waals surface area (Å²) in [6.07, 6.45) is 0. The zero-order valence-corrected chi connectivity index (χ0v) is 11.0. The van der Waals surface area contributed by atoms with Crippen LogP contribution in [0.5, 0.6) is 5.75 Å². The van der Waals surface area contributed by atoms with Gasteiger partial charge in [-0.15, -0.1) is 11.6 Å². The molecule has 2 aromatic carbocycles. The van der Waals surface area contributed by atoms with Crippen molar-refractivity contribution in [2.45, 2.75) is 12.5 Å². The molecule has 0 unspecified atom stereocenters. The van der Waals surface area contributed by atoms with Gasteiger partial charge in [0, 0.05) is 5.56 Å². The van der Waals surface area contributed by atoms with E-state index in [1.807, 2.05) is 24.3 Å². The molecule has 0 spiro atoms. The minimum Gasteiger partial charge on any atom is -0.489 e. The molecule has 0 heterocycles. The fourth-order valence-corrected chi connectivity index (χ4v) is 1.88. The van der Waals surface area contributed by atoms with E-state index >= 15 is 0 Å². The molecule has 0 saturated carbocycles. The molecule has 4 heteroatoms.